The van der Waals surface area contributed by atoms with Gasteiger partial charge < -0.3 is 19.5 Å². The zero-order valence-electron chi connectivity index (χ0n) is 16.4. The van der Waals surface area contributed by atoms with Crippen LogP contribution in [-0.4, -0.2) is 63.9 Å². The van der Waals surface area contributed by atoms with Crippen molar-refractivity contribution in [1.29, 1.82) is 0 Å². The Morgan fingerprint density at radius 1 is 1.18 bits per heavy atom. The van der Waals surface area contributed by atoms with Crippen LogP contribution >= 0.6 is 0 Å². The maximum absolute atomic E-state index is 12.3. The number of hydrogen-bond acceptors (Lipinski definition) is 5. The van der Waals surface area contributed by atoms with E-state index in [-0.39, 0.29) is 17.7 Å². The minimum atomic E-state index is -0.983. The normalized spacial score (nSPS) is 18.9. The molecule has 1 N–H and O–H groups in total. The van der Waals surface area contributed by atoms with E-state index in [4.69, 9.17) is 14.6 Å². The number of carboxylic acids is 1. The third-order valence-electron chi connectivity index (χ3n) is 4.94. The lowest BCUT2D eigenvalue weighted by Crippen LogP contribution is -2.49. The summed E-state index contributed by atoms with van der Waals surface area (Å²) in [6.45, 7) is 7.25. The smallest absolute Gasteiger partial charge is 0.410 e. The third kappa shape index (κ3) is 4.55. The summed E-state index contributed by atoms with van der Waals surface area (Å²) in [7, 11) is 0. The van der Waals surface area contributed by atoms with Crippen LogP contribution in [0, 0.1) is 0 Å². The summed E-state index contributed by atoms with van der Waals surface area (Å²) in [6, 6.07) is 6.45. The summed E-state index contributed by atoms with van der Waals surface area (Å²) in [6.07, 6.45) is 0.397. The van der Waals surface area contributed by atoms with Gasteiger partial charge in [-0.15, -0.1) is 0 Å². The number of carbonyl (C=O) groups excluding carboxylic acids is 2. The van der Waals surface area contributed by atoms with Gasteiger partial charge in [0.15, 0.2) is 0 Å². The van der Waals surface area contributed by atoms with Crippen molar-refractivity contribution >= 4 is 18.2 Å². The van der Waals surface area contributed by atoms with Crippen molar-refractivity contribution in [2.75, 3.05) is 19.6 Å². The van der Waals surface area contributed by atoms with Gasteiger partial charge in [0.1, 0.15) is 11.2 Å². The van der Waals surface area contributed by atoms with E-state index in [1.165, 1.54) is 12.1 Å². The average Bonchev–Trinajstić information content (AvgIpc) is 2.89. The molecule has 152 valence electrons. The monoisotopic (exact) mass is 390 g/mol. The lowest BCUT2D eigenvalue weighted by molar-refractivity contribution is -0.0170. The first kappa shape index (κ1) is 20.0. The van der Waals surface area contributed by atoms with Gasteiger partial charge in [-0.1, -0.05) is 12.1 Å². The Kier molecular flexibility index (Phi) is 5.23. The van der Waals surface area contributed by atoms with Crippen molar-refractivity contribution in [3.05, 3.63) is 35.4 Å². The zero-order chi connectivity index (χ0) is 20.5. The highest BCUT2D eigenvalue weighted by atomic mass is 16.6. The van der Waals surface area contributed by atoms with Gasteiger partial charge in [-0.3, -0.25) is 4.90 Å². The number of hydrogen-bond donors (Lipinski definition) is 1. The van der Waals surface area contributed by atoms with E-state index in [1.807, 2.05) is 20.8 Å². The van der Waals surface area contributed by atoms with Gasteiger partial charge >= 0.3 is 18.2 Å². The minimum Gasteiger partial charge on any atom is -0.478 e. The van der Waals surface area contributed by atoms with Crippen molar-refractivity contribution in [1.82, 2.24) is 9.80 Å². The third-order valence-corrected chi connectivity index (χ3v) is 4.94. The van der Waals surface area contributed by atoms with Crippen molar-refractivity contribution in [2.45, 2.75) is 51.4 Å². The number of likely N-dealkylation sites (tertiary alicyclic amines) is 1. The molecule has 0 bridgehead atoms. The highest BCUT2D eigenvalue weighted by Gasteiger charge is 2.47. The molecule has 2 heterocycles. The number of carbonyl (C=O) groups is 3. The van der Waals surface area contributed by atoms with Gasteiger partial charge in [0.2, 0.25) is 0 Å². The molecule has 8 nitrogen and oxygen atoms in total. The molecule has 2 fully saturated rings. The van der Waals surface area contributed by atoms with Gasteiger partial charge in [-0.05, 0) is 38.5 Å². The average molecular weight is 390 g/mol. The fourth-order valence-corrected chi connectivity index (χ4v) is 3.47. The first-order valence-electron chi connectivity index (χ1n) is 9.35. The van der Waals surface area contributed by atoms with Crippen LogP contribution in [0.1, 0.15) is 49.5 Å². The Morgan fingerprint density at radius 2 is 1.79 bits per heavy atom. The molecule has 0 unspecified atom stereocenters. The van der Waals surface area contributed by atoms with E-state index < -0.39 is 17.2 Å². The standard InChI is InChI=1S/C20H26N2O6/c1-19(2,3)27-17(25)21-10-8-20(9-11-21)13-22(18(26)28-20)12-14-4-6-15(7-5-14)16(23)24/h4-7H,8-13H2,1-3H3,(H,23,24). The molecule has 0 atom stereocenters. The fraction of sp³-hybridized carbons (Fsp3) is 0.550. The lowest BCUT2D eigenvalue weighted by Gasteiger charge is -2.37. The summed E-state index contributed by atoms with van der Waals surface area (Å²) >= 11 is 0. The summed E-state index contributed by atoms with van der Waals surface area (Å²) in [5.74, 6) is -0.983. The zero-order valence-corrected chi connectivity index (χ0v) is 16.4. The van der Waals surface area contributed by atoms with Crippen LogP contribution in [0.4, 0.5) is 9.59 Å². The van der Waals surface area contributed by atoms with Crippen LogP contribution < -0.4 is 0 Å². The van der Waals surface area contributed by atoms with Crippen LogP contribution in [0.5, 0.6) is 0 Å². The van der Waals surface area contributed by atoms with Crippen molar-refractivity contribution < 1.29 is 29.0 Å². The van der Waals surface area contributed by atoms with Gasteiger partial charge in [0, 0.05) is 32.5 Å². The van der Waals surface area contributed by atoms with E-state index in [0.717, 1.165) is 5.56 Å². The minimum absolute atomic E-state index is 0.207. The number of carboxylic acid groups (broad SMARTS) is 1. The highest BCUT2D eigenvalue weighted by Crippen LogP contribution is 2.34. The van der Waals surface area contributed by atoms with Crippen LogP contribution in [0.15, 0.2) is 24.3 Å². The topological polar surface area (TPSA) is 96.4 Å². The summed E-state index contributed by atoms with van der Waals surface area (Å²) in [4.78, 5) is 38.8. The van der Waals surface area contributed by atoms with E-state index in [2.05, 4.69) is 0 Å². The van der Waals surface area contributed by atoms with Gasteiger partial charge in [-0.25, -0.2) is 14.4 Å². The first-order valence-corrected chi connectivity index (χ1v) is 9.35. The molecule has 2 aliphatic heterocycles. The lowest BCUT2D eigenvalue weighted by atomic mass is 9.91. The molecule has 2 saturated heterocycles. The Balaban J connectivity index is 1.57. The Bertz CT molecular complexity index is 760. The molecular formula is C20H26N2O6. The molecule has 0 aliphatic carbocycles. The first-order chi connectivity index (χ1) is 13.1. The van der Waals surface area contributed by atoms with Crippen molar-refractivity contribution in [2.24, 2.45) is 0 Å². The van der Waals surface area contributed by atoms with Crippen LogP contribution in [0.3, 0.4) is 0 Å². The SMILES string of the molecule is CC(C)(C)OC(=O)N1CCC2(CC1)CN(Cc1ccc(C(=O)O)cc1)C(=O)O2. The van der Waals surface area contributed by atoms with Crippen molar-refractivity contribution in [3.63, 3.8) is 0 Å². The quantitative estimate of drug-likeness (QED) is 0.852. The van der Waals surface area contributed by atoms with Crippen LogP contribution in [0.2, 0.25) is 0 Å². The molecule has 1 spiro atoms. The Hall–Kier alpha value is -2.77. The second kappa shape index (κ2) is 7.33. The number of piperidine rings is 1. The Morgan fingerprint density at radius 3 is 2.32 bits per heavy atom. The summed E-state index contributed by atoms with van der Waals surface area (Å²) in [5.41, 5.74) is -0.0840. The molecule has 28 heavy (non-hydrogen) atoms. The fourth-order valence-electron chi connectivity index (χ4n) is 3.47. The number of ether oxygens (including phenoxy) is 2. The van der Waals surface area contributed by atoms with Gasteiger partial charge in [0.25, 0.3) is 0 Å². The molecule has 0 aromatic heterocycles. The number of nitrogens with zero attached hydrogens (tertiary/aromatic N) is 2. The predicted molar refractivity (Wildman–Crippen MR) is 100 cm³/mol. The summed E-state index contributed by atoms with van der Waals surface area (Å²) < 4.78 is 11.1. The molecule has 2 amide bonds. The highest BCUT2D eigenvalue weighted by molar-refractivity contribution is 5.87. The van der Waals surface area contributed by atoms with Crippen LogP contribution in [-0.2, 0) is 16.0 Å². The number of benzene rings is 1. The molecule has 8 heteroatoms. The van der Waals surface area contributed by atoms with E-state index in [1.54, 1.807) is 21.9 Å². The second-order valence-corrected chi connectivity index (χ2v) is 8.38. The second-order valence-electron chi connectivity index (χ2n) is 8.38. The largest absolute Gasteiger partial charge is 0.478 e. The molecule has 3 rings (SSSR count). The molecule has 0 radical (unpaired) electrons. The maximum Gasteiger partial charge on any atom is 0.410 e. The Labute approximate surface area is 164 Å². The van der Waals surface area contributed by atoms with E-state index in [9.17, 15) is 14.4 Å². The molecular weight excluding hydrogens is 364 g/mol. The van der Waals surface area contributed by atoms with Crippen molar-refractivity contribution in [3.8, 4) is 0 Å². The van der Waals surface area contributed by atoms with Gasteiger partial charge in [-0.2, -0.15) is 0 Å². The molecule has 1 aromatic carbocycles. The predicted octanol–water partition coefficient (Wildman–Crippen LogP) is 3.11. The summed E-state index contributed by atoms with van der Waals surface area (Å²) in [5, 5.41) is 8.97. The van der Waals surface area contributed by atoms with E-state index >= 15 is 0 Å². The number of aromatic carboxylic acids is 1. The molecule has 1 aromatic rings. The number of rotatable bonds is 3. The van der Waals surface area contributed by atoms with Crippen LogP contribution in [0.25, 0.3) is 0 Å². The number of amides is 2. The van der Waals surface area contributed by atoms with E-state index in [0.29, 0.717) is 39.0 Å². The molecule has 0 saturated carbocycles. The molecule has 2 aliphatic rings. The van der Waals surface area contributed by atoms with Gasteiger partial charge in [0.05, 0.1) is 12.1 Å². The maximum atomic E-state index is 12.3.